The van der Waals surface area contributed by atoms with Crippen LogP contribution in [-0.4, -0.2) is 35.6 Å². The first-order valence-electron chi connectivity index (χ1n) is 4.75. The van der Waals surface area contributed by atoms with Gasteiger partial charge in [-0.1, -0.05) is 0 Å². The SMILES string of the molecule is c1cnn(C[C@@H]2CNCCCO2)c1. The smallest absolute Gasteiger partial charge is 0.0894 e. The van der Waals surface area contributed by atoms with Gasteiger partial charge in [-0.05, 0) is 19.0 Å². The molecule has 1 aromatic rings. The summed E-state index contributed by atoms with van der Waals surface area (Å²) in [6.45, 7) is 3.70. The van der Waals surface area contributed by atoms with Gasteiger partial charge in [-0.25, -0.2) is 0 Å². The molecule has 0 unspecified atom stereocenters. The highest BCUT2D eigenvalue weighted by atomic mass is 16.5. The molecule has 1 aliphatic rings. The third kappa shape index (κ3) is 2.54. The molecule has 0 amide bonds. The number of rotatable bonds is 2. The van der Waals surface area contributed by atoms with Gasteiger partial charge in [-0.2, -0.15) is 5.10 Å². The van der Waals surface area contributed by atoms with Crippen LogP contribution in [0.15, 0.2) is 18.5 Å². The molecule has 2 heterocycles. The number of hydrogen-bond donors (Lipinski definition) is 1. The molecule has 1 aliphatic heterocycles. The van der Waals surface area contributed by atoms with E-state index >= 15 is 0 Å². The first-order chi connectivity index (χ1) is 6.45. The molecule has 1 atom stereocenters. The molecule has 0 spiro atoms. The largest absolute Gasteiger partial charge is 0.375 e. The first-order valence-corrected chi connectivity index (χ1v) is 4.75. The monoisotopic (exact) mass is 181 g/mol. The van der Waals surface area contributed by atoms with Crippen molar-refractivity contribution >= 4 is 0 Å². The zero-order valence-electron chi connectivity index (χ0n) is 7.65. The Morgan fingerprint density at radius 1 is 1.62 bits per heavy atom. The number of hydrogen-bond acceptors (Lipinski definition) is 3. The van der Waals surface area contributed by atoms with E-state index in [1.807, 2.05) is 16.9 Å². The minimum atomic E-state index is 0.266. The Balaban J connectivity index is 1.86. The van der Waals surface area contributed by atoms with E-state index in [1.54, 1.807) is 6.20 Å². The second-order valence-electron chi connectivity index (χ2n) is 3.28. The summed E-state index contributed by atoms with van der Waals surface area (Å²) >= 11 is 0. The van der Waals surface area contributed by atoms with Crippen molar-refractivity contribution in [2.75, 3.05) is 19.7 Å². The van der Waals surface area contributed by atoms with Crippen LogP contribution in [0, 0.1) is 0 Å². The van der Waals surface area contributed by atoms with Gasteiger partial charge >= 0.3 is 0 Å². The molecule has 13 heavy (non-hydrogen) atoms. The zero-order valence-corrected chi connectivity index (χ0v) is 7.65. The molecule has 0 aromatic carbocycles. The molecular formula is C9H15N3O. The van der Waals surface area contributed by atoms with Gasteiger partial charge in [0.2, 0.25) is 0 Å². The third-order valence-electron chi connectivity index (χ3n) is 2.17. The van der Waals surface area contributed by atoms with Crippen LogP contribution in [0.4, 0.5) is 0 Å². The molecule has 0 bridgehead atoms. The van der Waals surface area contributed by atoms with Gasteiger partial charge < -0.3 is 10.1 Å². The van der Waals surface area contributed by atoms with Crippen LogP contribution in [0.25, 0.3) is 0 Å². The predicted molar refractivity (Wildman–Crippen MR) is 49.5 cm³/mol. The summed E-state index contributed by atoms with van der Waals surface area (Å²) in [7, 11) is 0. The van der Waals surface area contributed by atoms with Gasteiger partial charge in [0.1, 0.15) is 0 Å². The fourth-order valence-electron chi connectivity index (χ4n) is 1.50. The molecule has 4 heteroatoms. The van der Waals surface area contributed by atoms with Gasteiger partial charge in [0, 0.05) is 25.5 Å². The second-order valence-corrected chi connectivity index (χ2v) is 3.28. The standard InChI is InChI=1S/C9H15N3O/c1-4-11-12(5-1)8-9-7-10-3-2-6-13-9/h1,4-5,9-10H,2-3,6-8H2/t9-/m0/s1. The summed E-state index contributed by atoms with van der Waals surface area (Å²) in [6, 6.07) is 1.93. The Morgan fingerprint density at radius 2 is 2.62 bits per heavy atom. The Kier molecular flexibility index (Phi) is 2.94. The second kappa shape index (κ2) is 4.39. The van der Waals surface area contributed by atoms with Gasteiger partial charge in [0.15, 0.2) is 0 Å². The van der Waals surface area contributed by atoms with Crippen LogP contribution in [0.2, 0.25) is 0 Å². The van der Waals surface area contributed by atoms with Crippen LogP contribution < -0.4 is 5.32 Å². The molecule has 0 saturated carbocycles. The molecular weight excluding hydrogens is 166 g/mol. The number of aromatic nitrogens is 2. The molecule has 0 radical (unpaired) electrons. The molecule has 1 aromatic heterocycles. The van der Waals surface area contributed by atoms with E-state index in [0.29, 0.717) is 0 Å². The van der Waals surface area contributed by atoms with Crippen molar-refractivity contribution in [3.8, 4) is 0 Å². The van der Waals surface area contributed by atoms with E-state index in [1.165, 1.54) is 0 Å². The van der Waals surface area contributed by atoms with Crippen molar-refractivity contribution in [2.45, 2.75) is 19.1 Å². The van der Waals surface area contributed by atoms with Crippen molar-refractivity contribution in [3.05, 3.63) is 18.5 Å². The minimum Gasteiger partial charge on any atom is -0.375 e. The molecule has 1 saturated heterocycles. The van der Waals surface area contributed by atoms with Crippen molar-refractivity contribution in [1.82, 2.24) is 15.1 Å². The Labute approximate surface area is 77.9 Å². The number of ether oxygens (including phenoxy) is 1. The van der Waals surface area contributed by atoms with Crippen LogP contribution in [-0.2, 0) is 11.3 Å². The maximum atomic E-state index is 5.65. The van der Waals surface area contributed by atoms with E-state index < -0.39 is 0 Å². The lowest BCUT2D eigenvalue weighted by Crippen LogP contribution is -2.30. The number of nitrogens with one attached hydrogen (secondary N) is 1. The highest BCUT2D eigenvalue weighted by Crippen LogP contribution is 2.00. The average molecular weight is 181 g/mol. The molecule has 1 fully saturated rings. The van der Waals surface area contributed by atoms with Gasteiger partial charge in [0.05, 0.1) is 12.6 Å². The molecule has 1 N–H and O–H groups in total. The van der Waals surface area contributed by atoms with Gasteiger partial charge in [-0.15, -0.1) is 0 Å². The van der Waals surface area contributed by atoms with Crippen LogP contribution in [0.3, 0.4) is 0 Å². The fraction of sp³-hybridized carbons (Fsp3) is 0.667. The molecule has 2 rings (SSSR count). The minimum absolute atomic E-state index is 0.266. The van der Waals surface area contributed by atoms with Crippen molar-refractivity contribution < 1.29 is 4.74 Å². The Bertz CT molecular complexity index is 227. The first kappa shape index (κ1) is 8.72. The summed E-state index contributed by atoms with van der Waals surface area (Å²) in [5, 5.41) is 7.49. The van der Waals surface area contributed by atoms with E-state index in [-0.39, 0.29) is 6.10 Å². The third-order valence-corrected chi connectivity index (χ3v) is 2.17. The van der Waals surface area contributed by atoms with Crippen molar-refractivity contribution in [2.24, 2.45) is 0 Å². The zero-order chi connectivity index (χ0) is 8.93. The van der Waals surface area contributed by atoms with Gasteiger partial charge in [0.25, 0.3) is 0 Å². The maximum absolute atomic E-state index is 5.65. The fourth-order valence-corrected chi connectivity index (χ4v) is 1.50. The summed E-state index contributed by atoms with van der Waals surface area (Å²) in [6.07, 6.45) is 5.14. The number of nitrogens with zero attached hydrogens (tertiary/aromatic N) is 2. The Morgan fingerprint density at radius 3 is 3.46 bits per heavy atom. The van der Waals surface area contributed by atoms with E-state index in [2.05, 4.69) is 10.4 Å². The highest BCUT2D eigenvalue weighted by molar-refractivity contribution is 4.79. The van der Waals surface area contributed by atoms with Crippen molar-refractivity contribution in [3.63, 3.8) is 0 Å². The lowest BCUT2D eigenvalue weighted by Gasteiger charge is -2.14. The van der Waals surface area contributed by atoms with E-state index in [4.69, 9.17) is 4.74 Å². The summed E-state index contributed by atoms with van der Waals surface area (Å²) < 4.78 is 7.57. The normalized spacial score (nSPS) is 24.2. The van der Waals surface area contributed by atoms with E-state index in [0.717, 1.165) is 32.7 Å². The topological polar surface area (TPSA) is 39.1 Å². The molecule has 72 valence electrons. The molecule has 4 nitrogen and oxygen atoms in total. The summed E-state index contributed by atoms with van der Waals surface area (Å²) in [5.41, 5.74) is 0. The van der Waals surface area contributed by atoms with Crippen molar-refractivity contribution in [1.29, 1.82) is 0 Å². The lowest BCUT2D eigenvalue weighted by atomic mass is 10.3. The Hall–Kier alpha value is -0.870. The quantitative estimate of drug-likeness (QED) is 0.711. The average Bonchev–Trinajstić information content (AvgIpc) is 2.49. The van der Waals surface area contributed by atoms with Gasteiger partial charge in [-0.3, -0.25) is 4.68 Å². The van der Waals surface area contributed by atoms with Crippen LogP contribution in [0.1, 0.15) is 6.42 Å². The van der Waals surface area contributed by atoms with E-state index in [9.17, 15) is 0 Å². The van der Waals surface area contributed by atoms with Crippen LogP contribution in [0.5, 0.6) is 0 Å². The maximum Gasteiger partial charge on any atom is 0.0894 e. The molecule has 0 aliphatic carbocycles. The predicted octanol–water partition coefficient (Wildman–Crippen LogP) is 0.262. The highest BCUT2D eigenvalue weighted by Gasteiger charge is 2.12. The lowest BCUT2D eigenvalue weighted by molar-refractivity contribution is 0.0526. The summed E-state index contributed by atoms with van der Waals surface area (Å²) in [5.74, 6) is 0. The van der Waals surface area contributed by atoms with Crippen LogP contribution >= 0.6 is 0 Å². The summed E-state index contributed by atoms with van der Waals surface area (Å²) in [4.78, 5) is 0.